The van der Waals surface area contributed by atoms with Gasteiger partial charge in [0.05, 0.1) is 18.2 Å². The van der Waals surface area contributed by atoms with E-state index in [-0.39, 0.29) is 10.6 Å². The van der Waals surface area contributed by atoms with Crippen LogP contribution in [0.3, 0.4) is 0 Å². The van der Waals surface area contributed by atoms with Crippen LogP contribution in [0.5, 0.6) is 17.2 Å². The number of benzene rings is 1. The molecule has 22 heavy (non-hydrogen) atoms. The molecule has 3 aromatic rings. The number of para-hydroxylation sites is 2. The lowest BCUT2D eigenvalue weighted by Gasteiger charge is -2.10. The van der Waals surface area contributed by atoms with E-state index < -0.39 is 5.91 Å². The number of pyridine rings is 1. The number of thiophene rings is 1. The second-order valence-electron chi connectivity index (χ2n) is 4.45. The summed E-state index contributed by atoms with van der Waals surface area (Å²) in [6, 6.07) is 8.94. The summed E-state index contributed by atoms with van der Waals surface area (Å²) < 4.78 is 11.2. The summed E-state index contributed by atoms with van der Waals surface area (Å²) in [5.41, 5.74) is 11.6. The number of primary amides is 1. The zero-order valence-corrected chi connectivity index (χ0v) is 12.5. The molecule has 0 aliphatic rings. The number of ether oxygens (including phenoxy) is 2. The van der Waals surface area contributed by atoms with Crippen LogP contribution in [0.25, 0.3) is 10.2 Å². The van der Waals surface area contributed by atoms with Crippen molar-refractivity contribution in [1.82, 2.24) is 4.98 Å². The minimum atomic E-state index is -0.580. The Balaban J connectivity index is 2.13. The van der Waals surface area contributed by atoms with Gasteiger partial charge in [0.2, 0.25) is 0 Å². The highest BCUT2D eigenvalue weighted by atomic mass is 32.1. The number of methoxy groups -OCH3 is 1. The van der Waals surface area contributed by atoms with Crippen LogP contribution in [0.1, 0.15) is 9.67 Å². The van der Waals surface area contributed by atoms with Gasteiger partial charge in [-0.25, -0.2) is 4.98 Å². The van der Waals surface area contributed by atoms with Crippen molar-refractivity contribution in [3.63, 3.8) is 0 Å². The lowest BCUT2D eigenvalue weighted by molar-refractivity contribution is 0.100. The number of hydrogen-bond acceptors (Lipinski definition) is 6. The molecule has 112 valence electrons. The Morgan fingerprint density at radius 1 is 1.18 bits per heavy atom. The maximum atomic E-state index is 11.4. The number of carbonyl (C=O) groups excluding carboxylic acids is 1. The number of rotatable bonds is 4. The Hall–Kier alpha value is -2.80. The molecule has 0 bridgehead atoms. The molecule has 4 N–H and O–H groups in total. The SMILES string of the molecule is COc1ccccc1Oc1ccnc2sc(C(N)=O)c(N)c12. The lowest BCUT2D eigenvalue weighted by Crippen LogP contribution is -2.10. The van der Waals surface area contributed by atoms with Crippen molar-refractivity contribution in [3.8, 4) is 17.2 Å². The number of carbonyl (C=O) groups is 1. The molecule has 2 aromatic heterocycles. The molecule has 0 unspecified atom stereocenters. The van der Waals surface area contributed by atoms with Gasteiger partial charge in [0.15, 0.2) is 11.5 Å². The largest absolute Gasteiger partial charge is 0.493 e. The summed E-state index contributed by atoms with van der Waals surface area (Å²) in [6.45, 7) is 0. The summed E-state index contributed by atoms with van der Waals surface area (Å²) in [7, 11) is 1.56. The maximum absolute atomic E-state index is 11.4. The van der Waals surface area contributed by atoms with Gasteiger partial charge < -0.3 is 20.9 Å². The van der Waals surface area contributed by atoms with Crippen molar-refractivity contribution in [2.45, 2.75) is 0 Å². The van der Waals surface area contributed by atoms with Gasteiger partial charge in [0.25, 0.3) is 5.91 Å². The zero-order valence-electron chi connectivity index (χ0n) is 11.7. The molecule has 0 atom stereocenters. The van der Waals surface area contributed by atoms with E-state index in [1.807, 2.05) is 12.1 Å². The minimum absolute atomic E-state index is 0.276. The summed E-state index contributed by atoms with van der Waals surface area (Å²) in [6.07, 6.45) is 1.59. The van der Waals surface area contributed by atoms with Crippen LogP contribution in [0.15, 0.2) is 36.5 Å². The van der Waals surface area contributed by atoms with Gasteiger partial charge >= 0.3 is 0 Å². The Morgan fingerprint density at radius 3 is 2.59 bits per heavy atom. The molecule has 0 aliphatic heterocycles. The predicted octanol–water partition coefficient (Wildman–Crippen LogP) is 2.78. The van der Waals surface area contributed by atoms with Crippen molar-refractivity contribution in [1.29, 1.82) is 0 Å². The fourth-order valence-corrected chi connectivity index (χ4v) is 3.04. The van der Waals surface area contributed by atoms with Crippen LogP contribution in [0.4, 0.5) is 5.69 Å². The number of nitrogen functional groups attached to an aromatic ring is 1. The smallest absolute Gasteiger partial charge is 0.260 e. The lowest BCUT2D eigenvalue weighted by atomic mass is 10.2. The van der Waals surface area contributed by atoms with E-state index >= 15 is 0 Å². The molecule has 0 spiro atoms. The summed E-state index contributed by atoms with van der Waals surface area (Å²) in [4.78, 5) is 16.5. The highest BCUT2D eigenvalue weighted by Crippen LogP contribution is 2.41. The van der Waals surface area contributed by atoms with E-state index in [1.54, 1.807) is 31.5 Å². The normalized spacial score (nSPS) is 10.6. The molecule has 0 saturated carbocycles. The predicted molar refractivity (Wildman–Crippen MR) is 85.6 cm³/mol. The van der Waals surface area contributed by atoms with Crippen LogP contribution < -0.4 is 20.9 Å². The number of amides is 1. The third-order valence-electron chi connectivity index (χ3n) is 3.10. The third kappa shape index (κ3) is 2.31. The first-order chi connectivity index (χ1) is 10.6. The second-order valence-corrected chi connectivity index (χ2v) is 5.45. The van der Waals surface area contributed by atoms with Crippen molar-refractivity contribution >= 4 is 33.1 Å². The van der Waals surface area contributed by atoms with Gasteiger partial charge in [0.1, 0.15) is 15.5 Å². The molecule has 0 radical (unpaired) electrons. The number of fused-ring (bicyclic) bond motifs is 1. The van der Waals surface area contributed by atoms with Crippen LogP contribution in [0, 0.1) is 0 Å². The molecule has 1 aromatic carbocycles. The van der Waals surface area contributed by atoms with Gasteiger partial charge in [-0.2, -0.15) is 0 Å². The van der Waals surface area contributed by atoms with Crippen molar-refractivity contribution in [2.24, 2.45) is 5.73 Å². The van der Waals surface area contributed by atoms with E-state index in [2.05, 4.69) is 4.98 Å². The van der Waals surface area contributed by atoms with Gasteiger partial charge in [0, 0.05) is 6.20 Å². The Kier molecular flexibility index (Phi) is 3.56. The number of nitrogens with two attached hydrogens (primary N) is 2. The topological polar surface area (TPSA) is 100 Å². The quantitative estimate of drug-likeness (QED) is 0.771. The van der Waals surface area contributed by atoms with Gasteiger partial charge in [-0.15, -0.1) is 11.3 Å². The van der Waals surface area contributed by atoms with Crippen LogP contribution >= 0.6 is 11.3 Å². The highest BCUT2D eigenvalue weighted by molar-refractivity contribution is 7.21. The Morgan fingerprint density at radius 2 is 1.91 bits per heavy atom. The van der Waals surface area contributed by atoms with Crippen LogP contribution in [-0.2, 0) is 0 Å². The van der Waals surface area contributed by atoms with Gasteiger partial charge in [-0.1, -0.05) is 12.1 Å². The molecule has 2 heterocycles. The third-order valence-corrected chi connectivity index (χ3v) is 4.23. The monoisotopic (exact) mass is 315 g/mol. The van der Waals surface area contributed by atoms with E-state index in [9.17, 15) is 4.79 Å². The van der Waals surface area contributed by atoms with Gasteiger partial charge in [-0.3, -0.25) is 4.79 Å². The first-order valence-electron chi connectivity index (χ1n) is 6.39. The van der Waals surface area contributed by atoms with E-state index in [1.165, 1.54) is 0 Å². The molecular weight excluding hydrogens is 302 g/mol. The molecule has 7 heteroatoms. The van der Waals surface area contributed by atoms with E-state index in [0.717, 1.165) is 11.3 Å². The van der Waals surface area contributed by atoms with E-state index in [4.69, 9.17) is 20.9 Å². The number of nitrogens with zero attached hydrogens (tertiary/aromatic N) is 1. The fraction of sp³-hybridized carbons (Fsp3) is 0.0667. The molecule has 3 rings (SSSR count). The summed E-state index contributed by atoms with van der Waals surface area (Å²) in [5, 5.41) is 0.576. The van der Waals surface area contributed by atoms with Crippen molar-refractivity contribution in [3.05, 3.63) is 41.4 Å². The first kappa shape index (κ1) is 14.2. The average Bonchev–Trinajstić information content (AvgIpc) is 2.86. The molecule has 0 fully saturated rings. The standard InChI is InChI=1S/C15H13N3O3S/c1-20-8-4-2-3-5-9(8)21-10-6-7-18-15-11(10)12(16)13(22-15)14(17)19/h2-7H,16H2,1H3,(H2,17,19). The Bertz CT molecular complexity index is 860. The number of anilines is 1. The van der Waals surface area contributed by atoms with Gasteiger partial charge in [-0.05, 0) is 18.2 Å². The number of hydrogen-bond donors (Lipinski definition) is 2. The van der Waals surface area contributed by atoms with Crippen molar-refractivity contribution in [2.75, 3.05) is 12.8 Å². The van der Waals surface area contributed by atoms with E-state index in [0.29, 0.717) is 27.5 Å². The van der Waals surface area contributed by atoms with Crippen LogP contribution in [-0.4, -0.2) is 18.0 Å². The maximum Gasteiger partial charge on any atom is 0.260 e. The molecule has 0 aliphatic carbocycles. The first-order valence-corrected chi connectivity index (χ1v) is 7.21. The molecule has 0 saturated heterocycles. The Labute approximate surface area is 130 Å². The van der Waals surface area contributed by atoms with Crippen molar-refractivity contribution < 1.29 is 14.3 Å². The highest BCUT2D eigenvalue weighted by Gasteiger charge is 2.19. The minimum Gasteiger partial charge on any atom is -0.493 e. The summed E-state index contributed by atoms with van der Waals surface area (Å²) >= 11 is 1.14. The second kappa shape index (κ2) is 5.53. The summed E-state index contributed by atoms with van der Waals surface area (Å²) in [5.74, 6) is 1.06. The molecule has 6 nitrogen and oxygen atoms in total. The number of aromatic nitrogens is 1. The van der Waals surface area contributed by atoms with Crippen LogP contribution in [0.2, 0.25) is 0 Å². The fourth-order valence-electron chi connectivity index (χ4n) is 2.11. The average molecular weight is 315 g/mol. The molecular formula is C15H13N3O3S. The molecule has 1 amide bonds. The zero-order chi connectivity index (χ0) is 15.7.